The molecule has 0 amide bonds. The van der Waals surface area contributed by atoms with Crippen molar-refractivity contribution >= 4 is 0 Å². The molecule has 1 aromatic heterocycles. The molecule has 1 fully saturated rings. The summed E-state index contributed by atoms with van der Waals surface area (Å²) in [5, 5.41) is 11.4. The first-order chi connectivity index (χ1) is 9.70. The van der Waals surface area contributed by atoms with Crippen LogP contribution in [0, 0.1) is 17.6 Å². The summed E-state index contributed by atoms with van der Waals surface area (Å²) in [5.74, 6) is -0.849. The van der Waals surface area contributed by atoms with E-state index in [2.05, 4.69) is 15.6 Å². The minimum atomic E-state index is -0.839. The van der Waals surface area contributed by atoms with Crippen molar-refractivity contribution in [2.24, 2.45) is 5.92 Å². The zero-order chi connectivity index (χ0) is 13.9. The summed E-state index contributed by atoms with van der Waals surface area (Å²) in [5.41, 5.74) is 1.51. The van der Waals surface area contributed by atoms with E-state index in [4.69, 9.17) is 0 Å². The van der Waals surface area contributed by atoms with Gasteiger partial charge >= 0.3 is 0 Å². The number of hydrogen-bond donors (Lipinski definition) is 1. The molecule has 0 aliphatic heterocycles. The molecule has 6 heteroatoms. The lowest BCUT2D eigenvalue weighted by Gasteiger charge is -2.01. The highest BCUT2D eigenvalue weighted by Crippen LogP contribution is 2.27. The molecule has 106 valence electrons. The van der Waals surface area contributed by atoms with Crippen LogP contribution in [0.15, 0.2) is 24.4 Å². The van der Waals surface area contributed by atoms with Crippen LogP contribution in [0.4, 0.5) is 8.78 Å². The van der Waals surface area contributed by atoms with E-state index in [1.165, 1.54) is 18.9 Å². The van der Waals surface area contributed by atoms with Crippen molar-refractivity contribution < 1.29 is 8.78 Å². The Morgan fingerprint density at radius 3 is 2.85 bits per heavy atom. The van der Waals surface area contributed by atoms with Gasteiger partial charge in [-0.1, -0.05) is 11.3 Å². The predicted molar refractivity (Wildman–Crippen MR) is 69.9 cm³/mol. The quantitative estimate of drug-likeness (QED) is 0.880. The van der Waals surface area contributed by atoms with E-state index in [9.17, 15) is 8.78 Å². The molecule has 1 heterocycles. The molecule has 1 aromatic carbocycles. The van der Waals surface area contributed by atoms with Crippen molar-refractivity contribution in [1.82, 2.24) is 20.3 Å². The van der Waals surface area contributed by atoms with E-state index >= 15 is 0 Å². The van der Waals surface area contributed by atoms with Gasteiger partial charge in [-0.15, -0.1) is 5.10 Å². The highest BCUT2D eigenvalue weighted by molar-refractivity contribution is 5.18. The van der Waals surface area contributed by atoms with Crippen LogP contribution < -0.4 is 5.32 Å². The Hall–Kier alpha value is -1.82. The number of aromatic nitrogens is 3. The molecule has 0 unspecified atom stereocenters. The van der Waals surface area contributed by atoms with Crippen LogP contribution in [0.1, 0.15) is 24.1 Å². The van der Waals surface area contributed by atoms with Gasteiger partial charge in [-0.2, -0.15) is 0 Å². The molecule has 1 aliphatic carbocycles. The zero-order valence-electron chi connectivity index (χ0n) is 11.0. The van der Waals surface area contributed by atoms with E-state index in [-0.39, 0.29) is 0 Å². The summed E-state index contributed by atoms with van der Waals surface area (Å²) in [6.45, 7) is 2.09. The Bertz CT molecular complexity index is 593. The van der Waals surface area contributed by atoms with Gasteiger partial charge in [0.2, 0.25) is 0 Å². The SMILES string of the molecule is Fc1ccc(Cn2cc(CNCC3CC3)nn2)cc1F. The van der Waals surface area contributed by atoms with E-state index < -0.39 is 11.6 Å². The lowest BCUT2D eigenvalue weighted by Crippen LogP contribution is -2.16. The minimum Gasteiger partial charge on any atom is -0.311 e. The van der Waals surface area contributed by atoms with Crippen LogP contribution in [-0.2, 0) is 13.1 Å². The van der Waals surface area contributed by atoms with Crippen LogP contribution in [0.2, 0.25) is 0 Å². The molecule has 1 N–H and O–H groups in total. The highest BCUT2D eigenvalue weighted by Gasteiger charge is 2.20. The highest BCUT2D eigenvalue weighted by atomic mass is 19.2. The molecule has 2 aromatic rings. The van der Waals surface area contributed by atoms with E-state index in [0.717, 1.165) is 24.2 Å². The third-order valence-corrected chi connectivity index (χ3v) is 3.35. The first kappa shape index (κ1) is 13.2. The predicted octanol–water partition coefficient (Wildman–Crippen LogP) is 2.10. The fourth-order valence-electron chi connectivity index (χ4n) is 2.05. The third-order valence-electron chi connectivity index (χ3n) is 3.35. The number of nitrogens with zero attached hydrogens (tertiary/aromatic N) is 3. The third kappa shape index (κ3) is 3.39. The topological polar surface area (TPSA) is 42.7 Å². The fourth-order valence-corrected chi connectivity index (χ4v) is 2.05. The van der Waals surface area contributed by atoms with Gasteiger partial charge in [-0.3, -0.25) is 0 Å². The summed E-state index contributed by atoms with van der Waals surface area (Å²) in [6.07, 6.45) is 4.45. The van der Waals surface area contributed by atoms with Crippen LogP contribution >= 0.6 is 0 Å². The number of nitrogens with one attached hydrogen (secondary N) is 1. The fraction of sp³-hybridized carbons (Fsp3) is 0.429. The van der Waals surface area contributed by atoms with Crippen molar-refractivity contribution in [1.29, 1.82) is 0 Å². The number of benzene rings is 1. The van der Waals surface area contributed by atoms with Gasteiger partial charge in [0.1, 0.15) is 0 Å². The molecule has 20 heavy (non-hydrogen) atoms. The molecule has 0 spiro atoms. The van der Waals surface area contributed by atoms with Gasteiger partial charge in [0.25, 0.3) is 0 Å². The molecular formula is C14H16F2N4. The van der Waals surface area contributed by atoms with Gasteiger partial charge in [-0.25, -0.2) is 13.5 Å². The van der Waals surface area contributed by atoms with Crippen LogP contribution in [0.5, 0.6) is 0 Å². The van der Waals surface area contributed by atoms with Gasteiger partial charge in [0.15, 0.2) is 11.6 Å². The monoisotopic (exact) mass is 278 g/mol. The molecule has 0 saturated heterocycles. The number of halogens is 2. The molecule has 1 saturated carbocycles. The van der Waals surface area contributed by atoms with Gasteiger partial charge in [-0.05, 0) is 43.0 Å². The van der Waals surface area contributed by atoms with Gasteiger partial charge < -0.3 is 5.32 Å². The standard InChI is InChI=1S/C14H16F2N4/c15-13-4-3-11(5-14(13)16)8-20-9-12(18-19-20)7-17-6-10-1-2-10/h3-5,9-10,17H,1-2,6-8H2. The number of rotatable bonds is 6. The van der Waals surface area contributed by atoms with Crippen LogP contribution in [0.25, 0.3) is 0 Å². The molecule has 4 nitrogen and oxygen atoms in total. The van der Waals surface area contributed by atoms with Crippen molar-refractivity contribution in [3.8, 4) is 0 Å². The Kier molecular flexibility index (Phi) is 3.73. The Labute approximate surface area is 115 Å². The molecule has 0 atom stereocenters. The molecule has 1 aliphatic rings. The Morgan fingerprint density at radius 1 is 1.25 bits per heavy atom. The molecule has 0 bridgehead atoms. The number of hydrogen-bond acceptors (Lipinski definition) is 3. The van der Waals surface area contributed by atoms with Crippen LogP contribution in [0.3, 0.4) is 0 Å². The maximum atomic E-state index is 13.1. The summed E-state index contributed by atoms with van der Waals surface area (Å²) >= 11 is 0. The minimum absolute atomic E-state index is 0.382. The average Bonchev–Trinajstić information content (AvgIpc) is 3.14. The summed E-state index contributed by atoms with van der Waals surface area (Å²) in [7, 11) is 0. The first-order valence-corrected chi connectivity index (χ1v) is 6.74. The zero-order valence-corrected chi connectivity index (χ0v) is 11.0. The van der Waals surface area contributed by atoms with Crippen molar-refractivity contribution in [2.75, 3.05) is 6.54 Å². The molecular weight excluding hydrogens is 262 g/mol. The summed E-state index contributed by atoms with van der Waals surface area (Å²) in [4.78, 5) is 0. The van der Waals surface area contributed by atoms with Crippen molar-refractivity contribution in [3.63, 3.8) is 0 Å². The lowest BCUT2D eigenvalue weighted by atomic mass is 10.2. The van der Waals surface area contributed by atoms with Crippen molar-refractivity contribution in [2.45, 2.75) is 25.9 Å². The normalized spacial score (nSPS) is 14.7. The molecule has 3 rings (SSSR count). The second-order valence-electron chi connectivity index (χ2n) is 5.23. The van der Waals surface area contributed by atoms with Crippen LogP contribution in [-0.4, -0.2) is 21.5 Å². The van der Waals surface area contributed by atoms with Crippen molar-refractivity contribution in [3.05, 3.63) is 47.3 Å². The van der Waals surface area contributed by atoms with E-state index in [1.54, 1.807) is 10.7 Å². The van der Waals surface area contributed by atoms with E-state index in [0.29, 0.717) is 18.7 Å². The lowest BCUT2D eigenvalue weighted by molar-refractivity contribution is 0.505. The Balaban J connectivity index is 1.56. The maximum Gasteiger partial charge on any atom is 0.159 e. The Morgan fingerprint density at radius 2 is 2.10 bits per heavy atom. The molecule has 0 radical (unpaired) electrons. The smallest absolute Gasteiger partial charge is 0.159 e. The summed E-state index contributed by atoms with van der Waals surface area (Å²) < 4.78 is 27.6. The van der Waals surface area contributed by atoms with E-state index in [1.807, 2.05) is 6.20 Å². The van der Waals surface area contributed by atoms with Gasteiger partial charge in [0.05, 0.1) is 18.4 Å². The first-order valence-electron chi connectivity index (χ1n) is 6.74. The van der Waals surface area contributed by atoms with Gasteiger partial charge in [0, 0.05) is 6.54 Å². The second-order valence-corrected chi connectivity index (χ2v) is 5.23. The summed E-state index contributed by atoms with van der Waals surface area (Å²) in [6, 6.07) is 3.85. The maximum absolute atomic E-state index is 13.1. The average molecular weight is 278 g/mol. The second kappa shape index (κ2) is 5.66. The largest absolute Gasteiger partial charge is 0.311 e.